The molecule has 0 spiro atoms. The van der Waals surface area contributed by atoms with Gasteiger partial charge in [-0.3, -0.25) is 14.5 Å². The molecule has 0 saturated heterocycles. The first kappa shape index (κ1) is 21.8. The van der Waals surface area contributed by atoms with E-state index in [4.69, 9.17) is 10.00 Å². The normalized spacial score (nSPS) is 11.1. The highest BCUT2D eigenvalue weighted by Gasteiger charge is 2.28. The van der Waals surface area contributed by atoms with Crippen LogP contribution in [-0.4, -0.2) is 33.5 Å². The van der Waals surface area contributed by atoms with Crippen LogP contribution in [0, 0.1) is 18.3 Å². The Labute approximate surface area is 176 Å². The first-order valence-electron chi connectivity index (χ1n) is 9.19. The topological polar surface area (TPSA) is 92.8 Å². The van der Waals surface area contributed by atoms with Gasteiger partial charge in [0, 0.05) is 18.5 Å². The monoisotopic (exact) mass is 429 g/mol. The van der Waals surface area contributed by atoms with Crippen LogP contribution in [0.25, 0.3) is 0 Å². The summed E-state index contributed by atoms with van der Waals surface area (Å²) in [5.74, 6) is 0.169. The molecule has 0 fully saturated rings. The van der Waals surface area contributed by atoms with Crippen LogP contribution in [-0.2, 0) is 17.8 Å². The van der Waals surface area contributed by atoms with E-state index in [-0.39, 0.29) is 18.1 Å². The van der Waals surface area contributed by atoms with E-state index in [2.05, 4.69) is 15.4 Å². The molecule has 2 aromatic heterocycles. The maximum atomic E-state index is 12.3. The molecule has 0 atom stereocenters. The zero-order valence-corrected chi connectivity index (χ0v) is 16.5. The van der Waals surface area contributed by atoms with Crippen molar-refractivity contribution in [3.05, 3.63) is 71.2 Å². The minimum Gasteiger partial charge on any atom is -0.484 e. The molecule has 0 radical (unpaired) electrons. The van der Waals surface area contributed by atoms with Crippen LogP contribution in [0.5, 0.6) is 5.75 Å². The zero-order chi connectivity index (χ0) is 22.4. The molecule has 0 aliphatic carbocycles. The van der Waals surface area contributed by atoms with Crippen LogP contribution in [0.2, 0.25) is 0 Å². The van der Waals surface area contributed by atoms with Crippen LogP contribution in [0.15, 0.2) is 48.8 Å². The second kappa shape index (κ2) is 9.30. The van der Waals surface area contributed by atoms with E-state index >= 15 is 0 Å². The molecular weight excluding hydrogens is 411 g/mol. The van der Waals surface area contributed by atoms with Gasteiger partial charge in [-0.1, -0.05) is 12.1 Å². The number of carbonyl (C=O) groups is 1. The average molecular weight is 429 g/mol. The fourth-order valence-corrected chi connectivity index (χ4v) is 2.78. The molecule has 0 saturated carbocycles. The van der Waals surface area contributed by atoms with Crippen molar-refractivity contribution in [2.45, 2.75) is 26.1 Å². The molecule has 0 unspecified atom stereocenters. The van der Waals surface area contributed by atoms with Gasteiger partial charge < -0.3 is 10.1 Å². The molecule has 0 aliphatic rings. The Morgan fingerprint density at radius 1 is 1.26 bits per heavy atom. The van der Waals surface area contributed by atoms with Gasteiger partial charge in [0.1, 0.15) is 11.8 Å². The predicted octanol–water partition coefficient (Wildman–Crippen LogP) is 3.63. The Bertz CT molecular complexity index is 1100. The van der Waals surface area contributed by atoms with E-state index in [1.54, 1.807) is 48.1 Å². The first-order chi connectivity index (χ1) is 14.7. The number of pyridine rings is 1. The number of amides is 1. The number of alkyl halides is 3. The maximum Gasteiger partial charge on any atom is 0.422 e. The standard InChI is InChI=1S/C21H18F3N5O2/c1-14-8-15(3-5-18(14)31-13-21(22,23)24)9-20(30)27-19-6-7-29(28-19)12-17-4-2-16(10-25)11-26-17/h2-8,11H,9,12-13H2,1H3,(H,27,28,30). The summed E-state index contributed by atoms with van der Waals surface area (Å²) in [5, 5.41) is 15.7. The average Bonchev–Trinajstić information content (AvgIpc) is 3.13. The van der Waals surface area contributed by atoms with Crippen molar-refractivity contribution in [2.75, 3.05) is 11.9 Å². The summed E-state index contributed by atoms with van der Waals surface area (Å²) >= 11 is 0. The summed E-state index contributed by atoms with van der Waals surface area (Å²) in [6.07, 6.45) is -1.22. The van der Waals surface area contributed by atoms with Crippen LogP contribution >= 0.6 is 0 Å². The number of halogens is 3. The van der Waals surface area contributed by atoms with Crippen molar-refractivity contribution in [2.24, 2.45) is 0 Å². The Morgan fingerprint density at radius 2 is 2.06 bits per heavy atom. The third kappa shape index (κ3) is 6.57. The zero-order valence-electron chi connectivity index (χ0n) is 16.5. The smallest absolute Gasteiger partial charge is 0.422 e. The molecule has 31 heavy (non-hydrogen) atoms. The SMILES string of the molecule is Cc1cc(CC(=O)Nc2ccn(Cc3ccc(C#N)cn3)n2)ccc1OCC(F)(F)F. The highest BCUT2D eigenvalue weighted by Crippen LogP contribution is 2.23. The third-order valence-corrected chi connectivity index (χ3v) is 4.18. The highest BCUT2D eigenvalue weighted by atomic mass is 19.4. The van der Waals surface area contributed by atoms with Crippen molar-refractivity contribution in [1.82, 2.24) is 14.8 Å². The lowest BCUT2D eigenvalue weighted by atomic mass is 10.1. The molecule has 2 heterocycles. The molecule has 1 N–H and O–H groups in total. The summed E-state index contributed by atoms with van der Waals surface area (Å²) in [7, 11) is 0. The van der Waals surface area contributed by atoms with Crippen molar-refractivity contribution < 1.29 is 22.7 Å². The lowest BCUT2D eigenvalue weighted by Crippen LogP contribution is -2.19. The largest absolute Gasteiger partial charge is 0.484 e. The molecule has 7 nitrogen and oxygen atoms in total. The Hall–Kier alpha value is -3.87. The van der Waals surface area contributed by atoms with Crippen LogP contribution in [0.1, 0.15) is 22.4 Å². The lowest BCUT2D eigenvalue weighted by molar-refractivity contribution is -0.153. The van der Waals surface area contributed by atoms with E-state index in [1.807, 2.05) is 6.07 Å². The van der Waals surface area contributed by atoms with E-state index in [0.29, 0.717) is 34.7 Å². The number of ether oxygens (including phenoxy) is 1. The molecule has 3 rings (SSSR count). The molecular formula is C21H18F3N5O2. The quantitative estimate of drug-likeness (QED) is 0.619. The number of hydrogen-bond donors (Lipinski definition) is 1. The number of aryl methyl sites for hydroxylation is 1. The van der Waals surface area contributed by atoms with Gasteiger partial charge in [0.05, 0.1) is 24.2 Å². The number of aromatic nitrogens is 3. The van der Waals surface area contributed by atoms with Crippen molar-refractivity contribution in [3.63, 3.8) is 0 Å². The summed E-state index contributed by atoms with van der Waals surface area (Å²) in [6.45, 7) is 0.625. The second-order valence-corrected chi connectivity index (χ2v) is 6.78. The van der Waals surface area contributed by atoms with Crippen LogP contribution < -0.4 is 10.1 Å². The number of hydrogen-bond acceptors (Lipinski definition) is 5. The summed E-state index contributed by atoms with van der Waals surface area (Å²) in [5.41, 5.74) is 2.32. The van der Waals surface area contributed by atoms with Crippen molar-refractivity contribution in [1.29, 1.82) is 5.26 Å². The van der Waals surface area contributed by atoms with Gasteiger partial charge in [-0.05, 0) is 36.2 Å². The van der Waals surface area contributed by atoms with Crippen molar-refractivity contribution in [3.8, 4) is 11.8 Å². The minimum atomic E-state index is -4.41. The summed E-state index contributed by atoms with van der Waals surface area (Å²) in [6, 6.07) is 11.6. The first-order valence-corrected chi connectivity index (χ1v) is 9.19. The van der Waals surface area contributed by atoms with E-state index in [9.17, 15) is 18.0 Å². The van der Waals surface area contributed by atoms with Gasteiger partial charge in [-0.15, -0.1) is 0 Å². The Balaban J connectivity index is 1.55. The highest BCUT2D eigenvalue weighted by molar-refractivity contribution is 5.91. The number of nitrogens with one attached hydrogen (secondary N) is 1. The Morgan fingerprint density at radius 3 is 2.71 bits per heavy atom. The Kier molecular flexibility index (Phi) is 6.55. The number of carbonyl (C=O) groups excluding carboxylic acids is 1. The van der Waals surface area contributed by atoms with Gasteiger partial charge in [0.2, 0.25) is 5.91 Å². The van der Waals surface area contributed by atoms with Gasteiger partial charge in [-0.25, -0.2) is 0 Å². The third-order valence-electron chi connectivity index (χ3n) is 4.18. The number of anilines is 1. The summed E-state index contributed by atoms with van der Waals surface area (Å²) in [4.78, 5) is 16.5. The fourth-order valence-electron chi connectivity index (χ4n) is 2.78. The van der Waals surface area contributed by atoms with Gasteiger partial charge in [-0.2, -0.15) is 23.5 Å². The van der Waals surface area contributed by atoms with Gasteiger partial charge >= 0.3 is 6.18 Å². The number of nitrogens with zero attached hydrogens (tertiary/aromatic N) is 4. The van der Waals surface area contributed by atoms with Crippen molar-refractivity contribution >= 4 is 11.7 Å². The fraction of sp³-hybridized carbons (Fsp3) is 0.238. The molecule has 10 heteroatoms. The molecule has 3 aromatic rings. The van der Waals surface area contributed by atoms with Gasteiger partial charge in [0.25, 0.3) is 0 Å². The second-order valence-electron chi connectivity index (χ2n) is 6.78. The number of nitriles is 1. The minimum absolute atomic E-state index is 0.0322. The van der Waals surface area contributed by atoms with Crippen LogP contribution in [0.3, 0.4) is 0 Å². The molecule has 0 bridgehead atoms. The number of rotatable bonds is 7. The molecule has 160 valence electrons. The summed E-state index contributed by atoms with van der Waals surface area (Å²) < 4.78 is 43.2. The van der Waals surface area contributed by atoms with Crippen LogP contribution in [0.4, 0.5) is 19.0 Å². The lowest BCUT2D eigenvalue weighted by Gasteiger charge is -2.12. The van der Waals surface area contributed by atoms with Gasteiger partial charge in [0.15, 0.2) is 12.4 Å². The maximum absolute atomic E-state index is 12.3. The molecule has 0 aliphatic heterocycles. The van der Waals surface area contributed by atoms with E-state index < -0.39 is 12.8 Å². The van der Waals surface area contributed by atoms with E-state index in [0.717, 1.165) is 0 Å². The van der Waals surface area contributed by atoms with E-state index in [1.165, 1.54) is 12.3 Å². The number of benzene rings is 1. The molecule has 1 aromatic carbocycles. The predicted molar refractivity (Wildman–Crippen MR) is 105 cm³/mol. The molecule has 1 amide bonds.